The number of carbonyl (C=O) groups is 1. The summed E-state index contributed by atoms with van der Waals surface area (Å²) in [4.78, 5) is 16.6. The number of para-hydroxylation sites is 2. The average Bonchev–Trinajstić information content (AvgIpc) is 2.61. The number of pyridine rings is 1. The molecule has 0 bridgehead atoms. The summed E-state index contributed by atoms with van der Waals surface area (Å²) < 4.78 is 11.3. The third kappa shape index (κ3) is 2.57. The smallest absolute Gasteiger partial charge is 0.269 e. The number of hydrogen-bond donors (Lipinski definition) is 1. The molecule has 0 saturated carbocycles. The number of amides is 1. The lowest BCUT2D eigenvalue weighted by molar-refractivity contribution is -0.125. The lowest BCUT2D eigenvalue weighted by atomic mass is 10.1. The van der Waals surface area contributed by atoms with Gasteiger partial charge in [0.1, 0.15) is 6.61 Å². The van der Waals surface area contributed by atoms with E-state index in [-0.39, 0.29) is 12.5 Å². The normalized spacial score (nSPS) is 16.1. The van der Waals surface area contributed by atoms with Gasteiger partial charge in [-0.2, -0.15) is 0 Å². The SMILES string of the molecule is O=C(Nc1cccc2cnccc12)[C@H]1COc2ccccc2O1. The number of carbonyl (C=O) groups excluding carboxylic acids is 1. The van der Waals surface area contributed by atoms with Crippen molar-refractivity contribution in [3.8, 4) is 11.5 Å². The van der Waals surface area contributed by atoms with Crippen molar-refractivity contribution in [2.75, 3.05) is 11.9 Å². The summed E-state index contributed by atoms with van der Waals surface area (Å²) in [5, 5.41) is 4.82. The summed E-state index contributed by atoms with van der Waals surface area (Å²) in [5.74, 6) is 1.01. The lowest BCUT2D eigenvalue weighted by Crippen LogP contribution is -2.40. The zero-order valence-corrected chi connectivity index (χ0v) is 12.2. The molecule has 2 heterocycles. The Hall–Kier alpha value is -3.08. The molecule has 0 aliphatic carbocycles. The van der Waals surface area contributed by atoms with Crippen LogP contribution in [0.3, 0.4) is 0 Å². The van der Waals surface area contributed by atoms with Gasteiger partial charge < -0.3 is 14.8 Å². The van der Waals surface area contributed by atoms with Gasteiger partial charge >= 0.3 is 0 Å². The molecule has 0 fully saturated rings. The van der Waals surface area contributed by atoms with E-state index in [4.69, 9.17) is 9.47 Å². The van der Waals surface area contributed by atoms with Gasteiger partial charge in [-0.05, 0) is 24.3 Å². The lowest BCUT2D eigenvalue weighted by Gasteiger charge is -2.25. The number of hydrogen-bond acceptors (Lipinski definition) is 4. The average molecular weight is 306 g/mol. The number of aromatic nitrogens is 1. The molecular formula is C18H14N2O3. The van der Waals surface area contributed by atoms with Gasteiger partial charge in [-0.15, -0.1) is 0 Å². The van der Waals surface area contributed by atoms with Crippen molar-refractivity contribution < 1.29 is 14.3 Å². The van der Waals surface area contributed by atoms with Gasteiger partial charge in [0.2, 0.25) is 6.10 Å². The first kappa shape index (κ1) is 13.6. The fourth-order valence-electron chi connectivity index (χ4n) is 2.59. The molecule has 1 N–H and O–H groups in total. The van der Waals surface area contributed by atoms with E-state index in [0.717, 1.165) is 16.5 Å². The summed E-state index contributed by atoms with van der Waals surface area (Å²) in [7, 11) is 0. The van der Waals surface area contributed by atoms with Crippen molar-refractivity contribution in [1.82, 2.24) is 4.98 Å². The van der Waals surface area contributed by atoms with E-state index < -0.39 is 6.10 Å². The van der Waals surface area contributed by atoms with Crippen LogP contribution < -0.4 is 14.8 Å². The zero-order chi connectivity index (χ0) is 15.6. The largest absolute Gasteiger partial charge is 0.485 e. The van der Waals surface area contributed by atoms with E-state index in [1.54, 1.807) is 18.5 Å². The third-order valence-corrected chi connectivity index (χ3v) is 3.74. The second-order valence-electron chi connectivity index (χ2n) is 5.26. The first-order chi connectivity index (χ1) is 11.3. The van der Waals surface area contributed by atoms with Crippen LogP contribution in [0.15, 0.2) is 60.9 Å². The molecule has 0 spiro atoms. The number of fused-ring (bicyclic) bond motifs is 2. The van der Waals surface area contributed by atoms with Crippen LogP contribution in [0.5, 0.6) is 11.5 Å². The fourth-order valence-corrected chi connectivity index (χ4v) is 2.59. The molecule has 1 aromatic heterocycles. The molecular weight excluding hydrogens is 292 g/mol. The van der Waals surface area contributed by atoms with Crippen LogP contribution in [0.2, 0.25) is 0 Å². The summed E-state index contributed by atoms with van der Waals surface area (Å²) >= 11 is 0. The molecule has 1 aliphatic heterocycles. The maximum Gasteiger partial charge on any atom is 0.269 e. The Labute approximate surface area is 132 Å². The highest BCUT2D eigenvalue weighted by molar-refractivity contribution is 6.03. The molecule has 5 heteroatoms. The Kier molecular flexibility index (Phi) is 3.31. The molecule has 0 saturated heterocycles. The van der Waals surface area contributed by atoms with Crippen LogP contribution in [0.4, 0.5) is 5.69 Å². The molecule has 114 valence electrons. The van der Waals surface area contributed by atoms with Crippen LogP contribution in [-0.2, 0) is 4.79 Å². The molecule has 4 rings (SSSR count). The monoisotopic (exact) mass is 306 g/mol. The molecule has 23 heavy (non-hydrogen) atoms. The van der Waals surface area contributed by atoms with Gasteiger partial charge in [-0.3, -0.25) is 9.78 Å². The highest BCUT2D eigenvalue weighted by Crippen LogP contribution is 2.31. The van der Waals surface area contributed by atoms with Crippen molar-refractivity contribution >= 4 is 22.4 Å². The second kappa shape index (κ2) is 5.61. The number of anilines is 1. The van der Waals surface area contributed by atoms with E-state index in [9.17, 15) is 4.79 Å². The van der Waals surface area contributed by atoms with Crippen LogP contribution in [-0.4, -0.2) is 23.6 Å². The molecule has 5 nitrogen and oxygen atoms in total. The van der Waals surface area contributed by atoms with Crippen LogP contribution in [0.25, 0.3) is 10.8 Å². The van der Waals surface area contributed by atoms with Crippen LogP contribution in [0.1, 0.15) is 0 Å². The van der Waals surface area contributed by atoms with Gasteiger partial charge in [-0.25, -0.2) is 0 Å². The highest BCUT2D eigenvalue weighted by atomic mass is 16.6. The molecule has 0 unspecified atom stereocenters. The number of benzene rings is 2. The molecule has 2 aromatic carbocycles. The molecule has 1 amide bonds. The Balaban J connectivity index is 1.56. The maximum absolute atomic E-state index is 12.5. The third-order valence-electron chi connectivity index (χ3n) is 3.74. The van der Waals surface area contributed by atoms with Crippen molar-refractivity contribution in [1.29, 1.82) is 0 Å². The van der Waals surface area contributed by atoms with E-state index in [1.807, 2.05) is 42.5 Å². The first-order valence-corrected chi connectivity index (χ1v) is 7.33. The summed E-state index contributed by atoms with van der Waals surface area (Å²) in [5.41, 5.74) is 0.734. The predicted molar refractivity (Wildman–Crippen MR) is 86.7 cm³/mol. The van der Waals surface area contributed by atoms with E-state index in [1.165, 1.54) is 0 Å². The Morgan fingerprint density at radius 3 is 2.87 bits per heavy atom. The standard InChI is InChI=1S/C18H14N2O3/c21-18(17-11-22-15-6-1-2-7-16(15)23-17)20-14-5-3-4-12-10-19-9-8-13(12)14/h1-10,17H,11H2,(H,20,21)/t17-/m1/s1. The number of nitrogens with zero attached hydrogens (tertiary/aromatic N) is 1. The number of rotatable bonds is 2. The van der Waals surface area contributed by atoms with Crippen LogP contribution in [0, 0.1) is 0 Å². The fraction of sp³-hybridized carbons (Fsp3) is 0.111. The molecule has 0 radical (unpaired) electrons. The van der Waals surface area contributed by atoms with Gasteiger partial charge in [0, 0.05) is 28.9 Å². The molecule has 1 aliphatic rings. The first-order valence-electron chi connectivity index (χ1n) is 7.33. The summed E-state index contributed by atoms with van der Waals surface area (Å²) in [6.45, 7) is 0.190. The zero-order valence-electron chi connectivity index (χ0n) is 12.2. The predicted octanol–water partition coefficient (Wildman–Crippen LogP) is 3.01. The van der Waals surface area contributed by atoms with Crippen LogP contribution >= 0.6 is 0 Å². The van der Waals surface area contributed by atoms with E-state index in [2.05, 4.69) is 10.3 Å². The maximum atomic E-state index is 12.5. The van der Waals surface area contributed by atoms with Gasteiger partial charge in [0.15, 0.2) is 11.5 Å². The minimum absolute atomic E-state index is 0.190. The van der Waals surface area contributed by atoms with Gasteiger partial charge in [0.05, 0.1) is 0 Å². The van der Waals surface area contributed by atoms with Crippen molar-refractivity contribution in [3.05, 3.63) is 60.9 Å². The highest BCUT2D eigenvalue weighted by Gasteiger charge is 2.27. The second-order valence-corrected chi connectivity index (χ2v) is 5.26. The minimum Gasteiger partial charge on any atom is -0.485 e. The van der Waals surface area contributed by atoms with Gasteiger partial charge in [0.25, 0.3) is 5.91 Å². The molecule has 3 aromatic rings. The van der Waals surface area contributed by atoms with E-state index >= 15 is 0 Å². The Bertz CT molecular complexity index is 874. The Morgan fingerprint density at radius 2 is 1.96 bits per heavy atom. The topological polar surface area (TPSA) is 60.5 Å². The summed E-state index contributed by atoms with van der Waals surface area (Å²) in [6.07, 6.45) is 2.79. The molecule has 1 atom stereocenters. The minimum atomic E-state index is -0.679. The quantitative estimate of drug-likeness (QED) is 0.790. The van der Waals surface area contributed by atoms with Gasteiger partial charge in [-0.1, -0.05) is 24.3 Å². The number of nitrogens with one attached hydrogen (secondary N) is 1. The number of ether oxygens (including phenoxy) is 2. The van der Waals surface area contributed by atoms with Crippen molar-refractivity contribution in [2.24, 2.45) is 0 Å². The van der Waals surface area contributed by atoms with Crippen molar-refractivity contribution in [3.63, 3.8) is 0 Å². The summed E-state index contributed by atoms with van der Waals surface area (Å²) in [6, 6.07) is 14.9. The Morgan fingerprint density at radius 1 is 1.09 bits per heavy atom. The van der Waals surface area contributed by atoms with Crippen molar-refractivity contribution in [2.45, 2.75) is 6.10 Å². The van der Waals surface area contributed by atoms with E-state index in [0.29, 0.717) is 11.5 Å².